The fourth-order valence-corrected chi connectivity index (χ4v) is 4.96. The van der Waals surface area contributed by atoms with Gasteiger partial charge in [-0.1, -0.05) is 18.2 Å². The summed E-state index contributed by atoms with van der Waals surface area (Å²) in [7, 11) is -4.01. The van der Waals surface area contributed by atoms with Crippen LogP contribution in [0.3, 0.4) is 0 Å². The predicted molar refractivity (Wildman–Crippen MR) is 112 cm³/mol. The van der Waals surface area contributed by atoms with Gasteiger partial charge in [0.1, 0.15) is 11.6 Å². The smallest absolute Gasteiger partial charge is 0.243 e. The quantitative estimate of drug-likeness (QED) is 0.579. The number of carbonyl (C=O) groups is 1. The van der Waals surface area contributed by atoms with Gasteiger partial charge in [0.15, 0.2) is 5.78 Å². The van der Waals surface area contributed by atoms with Crippen molar-refractivity contribution in [2.24, 2.45) is 0 Å². The van der Waals surface area contributed by atoms with Gasteiger partial charge >= 0.3 is 0 Å². The Hall–Kier alpha value is -3.23. The van der Waals surface area contributed by atoms with Crippen LogP contribution >= 0.6 is 0 Å². The van der Waals surface area contributed by atoms with Gasteiger partial charge in [0, 0.05) is 36.6 Å². The average Bonchev–Trinajstić information content (AvgIpc) is 2.77. The van der Waals surface area contributed by atoms with Gasteiger partial charge in [0.25, 0.3) is 0 Å². The van der Waals surface area contributed by atoms with Crippen LogP contribution in [0.15, 0.2) is 83.5 Å². The molecule has 2 aromatic carbocycles. The number of hydrogen-bond acceptors (Lipinski definition) is 4. The summed E-state index contributed by atoms with van der Waals surface area (Å²) in [6.07, 6.45) is 4.44. The molecule has 1 atom stereocenters. The minimum atomic E-state index is -4.01. The van der Waals surface area contributed by atoms with Gasteiger partial charge in [0.05, 0.1) is 10.8 Å². The third kappa shape index (κ3) is 4.30. The highest BCUT2D eigenvalue weighted by Crippen LogP contribution is 2.31. The van der Waals surface area contributed by atoms with E-state index >= 15 is 0 Å². The lowest BCUT2D eigenvalue weighted by atomic mass is 9.87. The zero-order valence-corrected chi connectivity index (χ0v) is 17.1. The van der Waals surface area contributed by atoms with E-state index in [0.717, 1.165) is 12.1 Å². The molecule has 0 aliphatic carbocycles. The van der Waals surface area contributed by atoms with Gasteiger partial charge in [-0.3, -0.25) is 9.78 Å². The normalized spacial score (nSPS) is 19.0. The maximum Gasteiger partial charge on any atom is 0.243 e. The molecule has 0 amide bonds. The first-order chi connectivity index (χ1) is 14.9. The number of ketones is 1. The Kier molecular flexibility index (Phi) is 5.75. The molecular formula is C23H18F2N2O3S. The van der Waals surface area contributed by atoms with Crippen molar-refractivity contribution in [3.05, 3.63) is 101 Å². The first-order valence-corrected chi connectivity index (χ1v) is 11.0. The van der Waals surface area contributed by atoms with E-state index in [9.17, 15) is 22.0 Å². The van der Waals surface area contributed by atoms with Gasteiger partial charge < -0.3 is 0 Å². The molecule has 0 bridgehead atoms. The minimum absolute atomic E-state index is 0.0815. The van der Waals surface area contributed by atoms with Crippen LogP contribution in [0.1, 0.15) is 17.0 Å². The number of pyridine rings is 1. The topological polar surface area (TPSA) is 67.3 Å². The van der Waals surface area contributed by atoms with E-state index in [0.29, 0.717) is 5.56 Å². The number of carbonyl (C=O) groups excluding carboxylic acids is 1. The number of Topliss-reactive ketones (excluding diaryl/α,β-unsaturated/α-hetero) is 1. The molecule has 0 spiro atoms. The van der Waals surface area contributed by atoms with E-state index in [-0.39, 0.29) is 34.9 Å². The van der Waals surface area contributed by atoms with Crippen molar-refractivity contribution < 1.29 is 22.0 Å². The van der Waals surface area contributed by atoms with E-state index in [2.05, 4.69) is 4.98 Å². The standard InChI is InChI=1S/C23H18F2N2O3S/c24-19-5-7-20(8-6-19)31(29,30)27-14-18(13-17-3-1-2-4-22(17)25)23(28)21(15-27)16-9-11-26-12-10-16/h1-13,21H,14-15H2. The van der Waals surface area contributed by atoms with Crippen molar-refractivity contribution in [3.63, 3.8) is 0 Å². The van der Waals surface area contributed by atoms with Crippen molar-refractivity contribution in [2.75, 3.05) is 13.1 Å². The Bertz CT molecular complexity index is 1240. The Morgan fingerprint density at radius 2 is 1.65 bits per heavy atom. The first kappa shape index (κ1) is 21.0. The number of aromatic nitrogens is 1. The maximum absolute atomic E-state index is 14.2. The fraction of sp³-hybridized carbons (Fsp3) is 0.130. The molecule has 3 aromatic rings. The summed E-state index contributed by atoms with van der Waals surface area (Å²) in [5, 5.41) is 0. The van der Waals surface area contributed by atoms with Crippen LogP contribution in [0.5, 0.6) is 0 Å². The average molecular weight is 440 g/mol. The second kappa shape index (κ2) is 8.49. The summed E-state index contributed by atoms with van der Waals surface area (Å²) in [6.45, 7) is -0.300. The molecule has 5 nitrogen and oxygen atoms in total. The van der Waals surface area contributed by atoms with Gasteiger partial charge in [-0.05, 0) is 54.1 Å². The molecule has 31 heavy (non-hydrogen) atoms. The van der Waals surface area contributed by atoms with Crippen LogP contribution in [0, 0.1) is 11.6 Å². The number of halogens is 2. The number of sulfonamides is 1. The van der Waals surface area contributed by atoms with Crippen LogP contribution in [0.4, 0.5) is 8.78 Å². The van der Waals surface area contributed by atoms with Gasteiger partial charge in [-0.15, -0.1) is 0 Å². The van der Waals surface area contributed by atoms with Crippen LogP contribution in [-0.4, -0.2) is 36.6 Å². The highest BCUT2D eigenvalue weighted by molar-refractivity contribution is 7.89. The molecule has 158 valence electrons. The third-order valence-electron chi connectivity index (χ3n) is 5.16. The molecule has 1 aliphatic heterocycles. The predicted octanol–water partition coefficient (Wildman–Crippen LogP) is 3.80. The minimum Gasteiger partial charge on any atom is -0.294 e. The molecule has 1 aromatic heterocycles. The summed E-state index contributed by atoms with van der Waals surface area (Å²) in [5.74, 6) is -2.12. The number of hydrogen-bond donors (Lipinski definition) is 0. The van der Waals surface area contributed by atoms with Crippen LogP contribution in [0.2, 0.25) is 0 Å². The number of rotatable bonds is 4. The van der Waals surface area contributed by atoms with E-state index < -0.39 is 27.6 Å². The summed E-state index contributed by atoms with van der Waals surface area (Å²) in [6, 6.07) is 13.8. The molecule has 4 rings (SSSR count). The highest BCUT2D eigenvalue weighted by Gasteiger charge is 2.38. The van der Waals surface area contributed by atoms with E-state index in [1.807, 2.05) is 0 Å². The second-order valence-corrected chi connectivity index (χ2v) is 9.08. The van der Waals surface area contributed by atoms with E-state index in [1.54, 1.807) is 18.2 Å². The lowest BCUT2D eigenvalue weighted by Crippen LogP contribution is -2.44. The first-order valence-electron chi connectivity index (χ1n) is 9.51. The van der Waals surface area contributed by atoms with Gasteiger partial charge in [-0.25, -0.2) is 17.2 Å². The highest BCUT2D eigenvalue weighted by atomic mass is 32.2. The molecule has 0 radical (unpaired) electrons. The van der Waals surface area contributed by atoms with Crippen molar-refractivity contribution in [1.29, 1.82) is 0 Å². The Balaban J connectivity index is 1.78. The van der Waals surface area contributed by atoms with Crippen molar-refractivity contribution >= 4 is 21.9 Å². The van der Waals surface area contributed by atoms with Crippen molar-refractivity contribution in [1.82, 2.24) is 9.29 Å². The second-order valence-electron chi connectivity index (χ2n) is 7.14. The molecule has 1 saturated heterocycles. The summed E-state index contributed by atoms with van der Waals surface area (Å²) in [4.78, 5) is 17.1. The zero-order chi connectivity index (χ0) is 22.0. The number of benzene rings is 2. The Labute approximate surface area is 178 Å². The Morgan fingerprint density at radius 1 is 0.968 bits per heavy atom. The molecule has 1 unspecified atom stereocenters. The maximum atomic E-state index is 14.2. The van der Waals surface area contributed by atoms with E-state index in [1.165, 1.54) is 53.1 Å². The lowest BCUT2D eigenvalue weighted by molar-refractivity contribution is -0.118. The van der Waals surface area contributed by atoms with Gasteiger partial charge in [-0.2, -0.15) is 4.31 Å². The van der Waals surface area contributed by atoms with E-state index in [4.69, 9.17) is 0 Å². The number of piperidine rings is 1. The molecular weight excluding hydrogens is 422 g/mol. The largest absolute Gasteiger partial charge is 0.294 e. The molecule has 1 aliphatic rings. The summed E-state index contributed by atoms with van der Waals surface area (Å²) >= 11 is 0. The summed E-state index contributed by atoms with van der Waals surface area (Å²) in [5.41, 5.74) is 0.975. The molecule has 8 heteroatoms. The lowest BCUT2D eigenvalue weighted by Gasteiger charge is -2.33. The van der Waals surface area contributed by atoms with Crippen molar-refractivity contribution in [3.8, 4) is 0 Å². The zero-order valence-electron chi connectivity index (χ0n) is 16.3. The van der Waals surface area contributed by atoms with Crippen LogP contribution in [-0.2, 0) is 14.8 Å². The molecule has 2 heterocycles. The summed E-state index contributed by atoms with van der Waals surface area (Å²) < 4.78 is 55.1. The molecule has 1 fully saturated rings. The SMILES string of the molecule is O=C1C(=Cc2ccccc2F)CN(S(=O)(=O)c2ccc(F)cc2)CC1c1ccncc1. The van der Waals surface area contributed by atoms with Crippen LogP contribution in [0.25, 0.3) is 6.08 Å². The third-order valence-corrected chi connectivity index (χ3v) is 6.99. The monoisotopic (exact) mass is 440 g/mol. The Morgan fingerprint density at radius 3 is 2.32 bits per heavy atom. The molecule has 0 N–H and O–H groups in total. The van der Waals surface area contributed by atoms with Gasteiger partial charge in [0.2, 0.25) is 10.0 Å². The number of nitrogens with zero attached hydrogens (tertiary/aromatic N) is 2. The fourth-order valence-electron chi connectivity index (χ4n) is 3.53. The van der Waals surface area contributed by atoms with Crippen LogP contribution < -0.4 is 0 Å². The molecule has 0 saturated carbocycles. The van der Waals surface area contributed by atoms with Crippen molar-refractivity contribution in [2.45, 2.75) is 10.8 Å².